The second kappa shape index (κ2) is 9.82. The smallest absolute Gasteiger partial charge is 0.321 e. The van der Waals surface area contributed by atoms with Crippen molar-refractivity contribution in [2.75, 3.05) is 0 Å². The van der Waals surface area contributed by atoms with Crippen molar-refractivity contribution in [3.05, 3.63) is 63.4 Å². The molecule has 2 N–H and O–H groups in total. The summed E-state index contributed by atoms with van der Waals surface area (Å²) in [6.45, 7) is 2.13. The number of carbonyl (C=O) groups excluding carboxylic acids is 1. The molecule has 0 radical (unpaired) electrons. The highest BCUT2D eigenvalue weighted by atomic mass is 32.2. The zero-order valence-corrected chi connectivity index (χ0v) is 18.8. The number of aryl methyl sites for hydroxylation is 1. The molecule has 1 aromatic carbocycles. The number of rotatable bonds is 7. The molecule has 4 rings (SSSR count). The Balaban J connectivity index is 1.57. The minimum absolute atomic E-state index is 0.179. The van der Waals surface area contributed by atoms with Crippen LogP contribution < -0.4 is 10.00 Å². The highest BCUT2D eigenvalue weighted by Crippen LogP contribution is 2.32. The summed E-state index contributed by atoms with van der Waals surface area (Å²) in [6, 6.07) is 4.73. The van der Waals surface area contributed by atoms with E-state index < -0.39 is 0 Å². The van der Waals surface area contributed by atoms with Gasteiger partial charge in [0.25, 0.3) is 5.91 Å². The number of nitrogens with zero attached hydrogens (tertiary/aromatic N) is 5. The topological polar surface area (TPSA) is 116 Å². The van der Waals surface area contributed by atoms with Crippen molar-refractivity contribution in [3.8, 4) is 0 Å². The standard InChI is InChI=1S/C22H23N7O2S/c1-3-14-8-9-17(13-23-20(14)15-6-4-5-7-15)24-21(30)18-12-16(26-31)10-11-19(18)32-22-25-27-28-29(22)2/h6,9-13H,3-5,7-8H2,1-2H3,(H,24,30)/p+1. The lowest BCUT2D eigenvalue weighted by molar-refractivity contribution is -0.765. The van der Waals surface area contributed by atoms with E-state index in [-0.39, 0.29) is 11.6 Å². The second-order valence-corrected chi connectivity index (χ2v) is 8.53. The number of tetrazole rings is 1. The lowest BCUT2D eigenvalue weighted by atomic mass is 10.0. The number of allylic oxidation sites excluding steroid dienone is 5. The van der Waals surface area contributed by atoms with Gasteiger partial charge in [0.05, 0.1) is 30.2 Å². The van der Waals surface area contributed by atoms with Gasteiger partial charge in [-0.25, -0.2) is 0 Å². The lowest BCUT2D eigenvalue weighted by Gasteiger charge is -2.09. The number of H-pyrrole nitrogens is 1. The molecule has 0 unspecified atom stereocenters. The molecular formula is C22H24N7O2S+. The van der Waals surface area contributed by atoms with E-state index in [4.69, 9.17) is 4.99 Å². The molecule has 0 atom stereocenters. The number of hydrogen-bond acceptors (Lipinski definition) is 7. The fourth-order valence-corrected chi connectivity index (χ4v) is 4.52. The van der Waals surface area contributed by atoms with Crippen LogP contribution in [0.1, 0.15) is 49.4 Å². The fourth-order valence-electron chi connectivity index (χ4n) is 3.67. The second-order valence-electron chi connectivity index (χ2n) is 7.52. The molecule has 0 fully saturated rings. The maximum absolute atomic E-state index is 13.2. The Morgan fingerprint density at radius 3 is 2.91 bits per heavy atom. The summed E-state index contributed by atoms with van der Waals surface area (Å²) in [7, 11) is 1.77. The minimum atomic E-state index is -0.344. The van der Waals surface area contributed by atoms with E-state index in [9.17, 15) is 9.70 Å². The molecule has 10 heteroatoms. The maximum atomic E-state index is 13.2. The average molecular weight is 451 g/mol. The van der Waals surface area contributed by atoms with Gasteiger partial charge in [0.1, 0.15) is 10.8 Å². The van der Waals surface area contributed by atoms with E-state index in [1.54, 1.807) is 30.1 Å². The summed E-state index contributed by atoms with van der Waals surface area (Å²) in [5.74, 6) is -0.344. The van der Waals surface area contributed by atoms with E-state index in [1.165, 1.54) is 29.0 Å². The van der Waals surface area contributed by atoms with Crippen LogP contribution in [0.4, 0.5) is 5.69 Å². The molecule has 1 amide bonds. The molecule has 32 heavy (non-hydrogen) atoms. The van der Waals surface area contributed by atoms with Gasteiger partial charge in [-0.05, 0) is 78.4 Å². The van der Waals surface area contributed by atoms with Crippen molar-refractivity contribution in [2.24, 2.45) is 17.2 Å². The fraction of sp³-hybridized carbons (Fsp3) is 0.318. The Labute approximate surface area is 189 Å². The number of benzene rings is 1. The quantitative estimate of drug-likeness (QED) is 0.488. The van der Waals surface area contributed by atoms with Crippen molar-refractivity contribution in [2.45, 2.75) is 49.1 Å². The molecule has 1 aliphatic carbocycles. The van der Waals surface area contributed by atoms with Gasteiger partial charge in [0.15, 0.2) is 5.21 Å². The van der Waals surface area contributed by atoms with E-state index in [0.717, 1.165) is 37.8 Å². The van der Waals surface area contributed by atoms with E-state index in [1.807, 2.05) is 6.08 Å². The van der Waals surface area contributed by atoms with Crippen LogP contribution in [0.15, 0.2) is 73.1 Å². The summed E-state index contributed by atoms with van der Waals surface area (Å²) in [5.41, 5.74) is 4.74. The number of nitrogens with one attached hydrogen (secondary N) is 2. The predicted molar refractivity (Wildman–Crippen MR) is 121 cm³/mol. The number of aromatic nitrogens is 4. The highest BCUT2D eigenvalue weighted by molar-refractivity contribution is 7.99. The first-order valence-corrected chi connectivity index (χ1v) is 11.3. The predicted octanol–water partition coefficient (Wildman–Crippen LogP) is 4.04. The van der Waals surface area contributed by atoms with E-state index >= 15 is 0 Å². The molecule has 0 saturated carbocycles. The molecule has 2 heterocycles. The van der Waals surface area contributed by atoms with Crippen LogP contribution in [-0.2, 0) is 7.05 Å². The first kappa shape index (κ1) is 21.8. The Morgan fingerprint density at radius 1 is 1.34 bits per heavy atom. The number of aliphatic imine (C=N–C) groups is 1. The van der Waals surface area contributed by atoms with Crippen LogP contribution in [-0.4, -0.2) is 27.6 Å². The van der Waals surface area contributed by atoms with Crippen LogP contribution in [0.3, 0.4) is 0 Å². The molecule has 9 nitrogen and oxygen atoms in total. The lowest BCUT2D eigenvalue weighted by Crippen LogP contribution is -2.32. The van der Waals surface area contributed by atoms with Crippen LogP contribution in [0, 0.1) is 4.91 Å². The van der Waals surface area contributed by atoms with Crippen LogP contribution in [0.5, 0.6) is 0 Å². The molecule has 0 bridgehead atoms. The Bertz CT molecular complexity index is 1180. The van der Waals surface area contributed by atoms with Gasteiger partial charge in [-0.2, -0.15) is 4.68 Å². The summed E-state index contributed by atoms with van der Waals surface area (Å²) in [6.07, 6.45) is 10.9. The first-order valence-electron chi connectivity index (χ1n) is 10.5. The van der Waals surface area contributed by atoms with Crippen LogP contribution in [0.2, 0.25) is 0 Å². The highest BCUT2D eigenvalue weighted by Gasteiger charge is 2.21. The summed E-state index contributed by atoms with van der Waals surface area (Å²) < 4.78 is 1.63. The first-order chi connectivity index (χ1) is 15.6. The Hall–Kier alpha value is -3.40. The monoisotopic (exact) mass is 450 g/mol. The number of carbonyl (C=O) groups is 1. The normalized spacial score (nSPS) is 15.9. The van der Waals surface area contributed by atoms with Crippen LogP contribution in [0.25, 0.3) is 0 Å². The molecule has 0 saturated heterocycles. The third-order valence-electron chi connectivity index (χ3n) is 5.40. The van der Waals surface area contributed by atoms with Crippen molar-refractivity contribution in [3.63, 3.8) is 0 Å². The zero-order chi connectivity index (χ0) is 22.5. The number of nitroso groups, excluding NO2 is 1. The van der Waals surface area contributed by atoms with Crippen LogP contribution >= 0.6 is 11.8 Å². The van der Waals surface area contributed by atoms with Crippen molar-refractivity contribution in [1.82, 2.24) is 20.8 Å². The van der Waals surface area contributed by atoms with Crippen molar-refractivity contribution in [1.29, 1.82) is 0 Å². The zero-order valence-electron chi connectivity index (χ0n) is 18.0. The summed E-state index contributed by atoms with van der Waals surface area (Å²) in [4.78, 5) is 29.6. The molecule has 1 aliphatic heterocycles. The maximum Gasteiger partial charge on any atom is 0.364 e. The van der Waals surface area contributed by atoms with Gasteiger partial charge in [-0.3, -0.25) is 9.79 Å². The van der Waals surface area contributed by atoms with Gasteiger partial charge in [-0.1, -0.05) is 24.3 Å². The van der Waals surface area contributed by atoms with E-state index in [2.05, 4.69) is 39.0 Å². The molecule has 0 spiro atoms. The number of amides is 1. The summed E-state index contributed by atoms with van der Waals surface area (Å²) >= 11 is 1.27. The Morgan fingerprint density at radius 2 is 2.22 bits per heavy atom. The van der Waals surface area contributed by atoms with E-state index in [0.29, 0.717) is 21.3 Å². The number of hydrogen-bond donors (Lipinski definition) is 2. The Kier molecular flexibility index (Phi) is 6.69. The van der Waals surface area contributed by atoms with Gasteiger partial charge in [0, 0.05) is 4.90 Å². The molecule has 2 aliphatic rings. The van der Waals surface area contributed by atoms with Gasteiger partial charge in [-0.15, -0.1) is 4.91 Å². The molecule has 164 valence electrons. The largest absolute Gasteiger partial charge is 0.364 e. The third-order valence-corrected chi connectivity index (χ3v) is 6.51. The summed E-state index contributed by atoms with van der Waals surface area (Å²) in [5, 5.41) is 16.9. The van der Waals surface area contributed by atoms with Gasteiger partial charge < -0.3 is 5.32 Å². The molecular weight excluding hydrogens is 426 g/mol. The van der Waals surface area contributed by atoms with Crippen molar-refractivity contribution < 1.29 is 9.48 Å². The van der Waals surface area contributed by atoms with Crippen molar-refractivity contribution >= 4 is 29.6 Å². The van der Waals surface area contributed by atoms with Gasteiger partial charge >= 0.3 is 5.16 Å². The minimum Gasteiger partial charge on any atom is -0.321 e. The molecule has 1 aromatic heterocycles. The average Bonchev–Trinajstić information content (AvgIpc) is 3.43. The third kappa shape index (κ3) is 4.75. The molecule has 2 aromatic rings. The SMILES string of the molecule is CCC1=C(C2=CCCC2)N=CC(NC(=O)c2cc(N=O)ccc2Sc2nn[nH][n+]2C)=CC1. The van der Waals surface area contributed by atoms with Gasteiger partial charge in [0.2, 0.25) is 0 Å². The number of aromatic amines is 1.